The fourth-order valence-electron chi connectivity index (χ4n) is 3.28. The number of carbonyl (C=O) groups excluding carboxylic acids is 1. The molecule has 0 bridgehead atoms. The Bertz CT molecular complexity index is 1510. The molecule has 2 aromatic carbocycles. The molecule has 0 unspecified atom stereocenters. The summed E-state index contributed by atoms with van der Waals surface area (Å²) < 4.78 is 16.6. The molecule has 5 aromatic rings. The molecule has 0 fully saturated rings. The predicted molar refractivity (Wildman–Crippen MR) is 129 cm³/mol. The number of amides is 1. The number of anilines is 1. The van der Waals surface area contributed by atoms with E-state index in [2.05, 4.69) is 15.3 Å². The maximum atomic E-state index is 13.6. The number of carbonyl (C=O) groups is 1. The number of nitrogens with zero attached hydrogens (tertiary/aromatic N) is 3. The molecule has 0 radical (unpaired) electrons. The number of benzene rings is 2. The standard InChI is InChI=1S/C22H15FN4O2S3/c1-12-10-13(23)6-7-16(12)27-20(29)19-15(8-9-30-19)25-22(27)31-11-18(28)26-21-24-14-4-2-3-5-17(14)32-21/h2-10H,11H2,1H3,(H,24,26,28). The van der Waals surface area contributed by atoms with Crippen molar-refractivity contribution in [2.24, 2.45) is 0 Å². The van der Waals surface area contributed by atoms with Gasteiger partial charge in [-0.3, -0.25) is 14.2 Å². The first-order valence-electron chi connectivity index (χ1n) is 9.54. The first-order chi connectivity index (χ1) is 15.5. The average Bonchev–Trinajstić information content (AvgIpc) is 3.39. The zero-order valence-corrected chi connectivity index (χ0v) is 19.1. The maximum Gasteiger partial charge on any atom is 0.276 e. The highest BCUT2D eigenvalue weighted by molar-refractivity contribution is 7.99. The highest BCUT2D eigenvalue weighted by Crippen LogP contribution is 2.27. The molecule has 10 heteroatoms. The van der Waals surface area contributed by atoms with Gasteiger partial charge < -0.3 is 5.32 Å². The Morgan fingerprint density at radius 3 is 2.81 bits per heavy atom. The van der Waals surface area contributed by atoms with Gasteiger partial charge in [0.2, 0.25) is 5.91 Å². The molecule has 0 aliphatic rings. The average molecular weight is 483 g/mol. The second-order valence-electron chi connectivity index (χ2n) is 6.92. The number of hydrogen-bond acceptors (Lipinski definition) is 7. The van der Waals surface area contributed by atoms with Gasteiger partial charge in [-0.25, -0.2) is 14.4 Å². The highest BCUT2D eigenvalue weighted by Gasteiger charge is 2.18. The van der Waals surface area contributed by atoms with Gasteiger partial charge in [-0.1, -0.05) is 35.2 Å². The van der Waals surface area contributed by atoms with Crippen LogP contribution in [0.25, 0.3) is 26.1 Å². The van der Waals surface area contributed by atoms with E-state index in [0.29, 0.717) is 31.8 Å². The Hall–Kier alpha value is -3.08. The van der Waals surface area contributed by atoms with Gasteiger partial charge in [0.25, 0.3) is 5.56 Å². The Labute approximate surface area is 193 Å². The van der Waals surface area contributed by atoms with Crippen molar-refractivity contribution >= 4 is 65.9 Å². The minimum Gasteiger partial charge on any atom is -0.301 e. The summed E-state index contributed by atoms with van der Waals surface area (Å²) in [5.41, 5.74) is 2.29. The van der Waals surface area contributed by atoms with Crippen LogP contribution in [0, 0.1) is 12.7 Å². The number of nitrogens with one attached hydrogen (secondary N) is 1. The van der Waals surface area contributed by atoms with Crippen LogP contribution in [0.15, 0.2) is 63.9 Å². The van der Waals surface area contributed by atoms with E-state index in [1.54, 1.807) is 24.4 Å². The molecule has 0 saturated carbocycles. The van der Waals surface area contributed by atoms with Crippen molar-refractivity contribution in [1.29, 1.82) is 0 Å². The number of thioether (sulfide) groups is 1. The van der Waals surface area contributed by atoms with Crippen LogP contribution in [-0.4, -0.2) is 26.2 Å². The molecular formula is C22H15FN4O2S3. The van der Waals surface area contributed by atoms with Crippen molar-refractivity contribution < 1.29 is 9.18 Å². The smallest absolute Gasteiger partial charge is 0.276 e. The topological polar surface area (TPSA) is 76.9 Å². The lowest BCUT2D eigenvalue weighted by Crippen LogP contribution is -2.23. The lowest BCUT2D eigenvalue weighted by Gasteiger charge is -2.14. The molecule has 160 valence electrons. The van der Waals surface area contributed by atoms with E-state index in [4.69, 9.17) is 0 Å². The minimum absolute atomic E-state index is 0.0399. The summed E-state index contributed by atoms with van der Waals surface area (Å²) in [7, 11) is 0. The van der Waals surface area contributed by atoms with Gasteiger partial charge >= 0.3 is 0 Å². The van der Waals surface area contributed by atoms with Crippen molar-refractivity contribution in [3.05, 3.63) is 75.6 Å². The van der Waals surface area contributed by atoms with Crippen LogP contribution >= 0.6 is 34.4 Å². The molecular weight excluding hydrogens is 467 g/mol. The summed E-state index contributed by atoms with van der Waals surface area (Å²) in [6, 6.07) is 13.7. The molecule has 1 amide bonds. The summed E-state index contributed by atoms with van der Waals surface area (Å²) in [6.45, 7) is 1.73. The second-order valence-corrected chi connectivity index (χ2v) is 9.81. The normalized spacial score (nSPS) is 11.3. The summed E-state index contributed by atoms with van der Waals surface area (Å²) in [5.74, 6) is -0.594. The molecule has 3 heterocycles. The van der Waals surface area contributed by atoms with Crippen LogP contribution in [0.3, 0.4) is 0 Å². The molecule has 1 N–H and O–H groups in total. The summed E-state index contributed by atoms with van der Waals surface area (Å²) in [6.07, 6.45) is 0. The SMILES string of the molecule is Cc1cc(F)ccc1-n1c(SCC(=O)Nc2nc3ccccc3s2)nc2ccsc2c1=O. The first kappa shape index (κ1) is 20.8. The molecule has 0 atom stereocenters. The van der Waals surface area contributed by atoms with Gasteiger partial charge in [0, 0.05) is 0 Å². The van der Waals surface area contributed by atoms with Crippen LogP contribution in [0.4, 0.5) is 9.52 Å². The lowest BCUT2D eigenvalue weighted by atomic mass is 10.2. The van der Waals surface area contributed by atoms with Crippen LogP contribution in [-0.2, 0) is 4.79 Å². The fourth-order valence-corrected chi connectivity index (χ4v) is 5.73. The number of rotatable bonds is 5. The largest absolute Gasteiger partial charge is 0.301 e. The molecule has 0 spiro atoms. The van der Waals surface area contributed by atoms with Crippen molar-refractivity contribution in [3.8, 4) is 5.69 Å². The van der Waals surface area contributed by atoms with Gasteiger partial charge in [0.15, 0.2) is 10.3 Å². The van der Waals surface area contributed by atoms with E-state index in [0.717, 1.165) is 22.0 Å². The molecule has 0 aliphatic carbocycles. The van der Waals surface area contributed by atoms with Crippen molar-refractivity contribution in [2.45, 2.75) is 12.1 Å². The number of thiophene rings is 1. The molecule has 0 saturated heterocycles. The fraction of sp³-hybridized carbons (Fsp3) is 0.0909. The van der Waals surface area contributed by atoms with Crippen molar-refractivity contribution in [1.82, 2.24) is 14.5 Å². The highest BCUT2D eigenvalue weighted by atomic mass is 32.2. The van der Waals surface area contributed by atoms with Crippen LogP contribution in [0.1, 0.15) is 5.56 Å². The van der Waals surface area contributed by atoms with Gasteiger partial charge in [0.05, 0.1) is 27.2 Å². The van der Waals surface area contributed by atoms with Crippen LogP contribution < -0.4 is 10.9 Å². The van der Waals surface area contributed by atoms with E-state index < -0.39 is 0 Å². The van der Waals surface area contributed by atoms with E-state index in [1.165, 1.54) is 39.4 Å². The van der Waals surface area contributed by atoms with Gasteiger partial charge in [0.1, 0.15) is 10.5 Å². The van der Waals surface area contributed by atoms with Crippen molar-refractivity contribution in [3.63, 3.8) is 0 Å². The van der Waals surface area contributed by atoms with Crippen molar-refractivity contribution in [2.75, 3.05) is 11.1 Å². The maximum absolute atomic E-state index is 13.6. The number of thiazole rings is 1. The summed E-state index contributed by atoms with van der Waals surface area (Å²) in [4.78, 5) is 34.8. The third-order valence-corrected chi connectivity index (χ3v) is 7.50. The molecule has 5 rings (SSSR count). The zero-order valence-electron chi connectivity index (χ0n) is 16.7. The Morgan fingerprint density at radius 2 is 2.00 bits per heavy atom. The van der Waals surface area contributed by atoms with E-state index >= 15 is 0 Å². The van der Waals surface area contributed by atoms with Gasteiger partial charge in [-0.2, -0.15) is 0 Å². The molecule has 0 aliphatic heterocycles. The summed E-state index contributed by atoms with van der Waals surface area (Å²) >= 11 is 3.85. The monoisotopic (exact) mass is 482 g/mol. The zero-order chi connectivity index (χ0) is 22.2. The first-order valence-corrected chi connectivity index (χ1v) is 12.2. The minimum atomic E-state index is -0.381. The number of para-hydroxylation sites is 1. The Balaban J connectivity index is 1.45. The third kappa shape index (κ3) is 3.92. The number of aryl methyl sites for hydroxylation is 1. The quantitative estimate of drug-likeness (QED) is 0.274. The number of hydrogen-bond donors (Lipinski definition) is 1. The molecule has 6 nitrogen and oxygen atoms in total. The van der Waals surface area contributed by atoms with Gasteiger partial charge in [-0.15, -0.1) is 11.3 Å². The van der Waals surface area contributed by atoms with Gasteiger partial charge in [-0.05, 0) is 54.3 Å². The van der Waals surface area contributed by atoms with E-state index in [1.807, 2.05) is 24.3 Å². The Kier molecular flexibility index (Phi) is 5.50. The number of fused-ring (bicyclic) bond motifs is 2. The number of halogens is 1. The third-order valence-electron chi connectivity index (χ3n) is 4.72. The second kappa shape index (κ2) is 8.45. The van der Waals surface area contributed by atoms with E-state index in [-0.39, 0.29) is 23.0 Å². The summed E-state index contributed by atoms with van der Waals surface area (Å²) in [5, 5.41) is 5.50. The lowest BCUT2D eigenvalue weighted by molar-refractivity contribution is -0.113. The molecule has 32 heavy (non-hydrogen) atoms. The predicted octanol–water partition coefficient (Wildman–Crippen LogP) is 5.24. The van der Waals surface area contributed by atoms with Crippen LogP contribution in [0.5, 0.6) is 0 Å². The van der Waals surface area contributed by atoms with Crippen LogP contribution in [0.2, 0.25) is 0 Å². The number of aromatic nitrogens is 3. The molecule has 3 aromatic heterocycles. The Morgan fingerprint density at radius 1 is 1.16 bits per heavy atom. The van der Waals surface area contributed by atoms with E-state index in [9.17, 15) is 14.0 Å².